The fraction of sp³-hybridized carbons (Fsp3) is 0.548. The van der Waals surface area contributed by atoms with Crippen LogP contribution in [0.4, 0.5) is 50.0 Å². The summed E-state index contributed by atoms with van der Waals surface area (Å²) in [6.45, 7) is 11.0. The number of halogens is 9. The van der Waals surface area contributed by atoms with Crippen molar-refractivity contribution in [3.8, 4) is 0 Å². The monoisotopic (exact) mass is 715 g/mol. The third-order valence-electron chi connectivity index (χ3n) is 6.50. The number of aliphatic imine (C=N–C) groups is 1. The van der Waals surface area contributed by atoms with E-state index in [0.717, 1.165) is 56.3 Å². The van der Waals surface area contributed by atoms with E-state index < -0.39 is 35.8 Å². The quantitative estimate of drug-likeness (QED) is 0.0655. The van der Waals surface area contributed by atoms with Crippen molar-refractivity contribution in [1.82, 2.24) is 10.7 Å². The Morgan fingerprint density at radius 3 is 2.27 bits per heavy atom. The molecule has 18 heteroatoms. The van der Waals surface area contributed by atoms with Gasteiger partial charge in [-0.1, -0.05) is 43.0 Å². The van der Waals surface area contributed by atoms with Gasteiger partial charge in [0.25, 0.3) is 0 Å². The highest BCUT2D eigenvalue weighted by molar-refractivity contribution is 5.89. The smallest absolute Gasteiger partial charge is 0.416 e. The molecular weight excluding hydrogens is 673 g/mol. The number of rotatable bonds is 7. The highest BCUT2D eigenvalue weighted by Gasteiger charge is 2.34. The average Bonchev–Trinajstić information content (AvgIpc) is 2.97. The Morgan fingerprint density at radius 2 is 1.73 bits per heavy atom. The third kappa shape index (κ3) is 17.8. The van der Waals surface area contributed by atoms with Crippen LogP contribution in [0.15, 0.2) is 70.0 Å². The summed E-state index contributed by atoms with van der Waals surface area (Å²) in [6.07, 6.45) is -7.04. The van der Waals surface area contributed by atoms with Crippen LogP contribution in [0.5, 0.6) is 0 Å². The molecule has 0 aromatic heterocycles. The second kappa shape index (κ2) is 19.8. The van der Waals surface area contributed by atoms with Gasteiger partial charge in [0.2, 0.25) is 5.96 Å². The van der Waals surface area contributed by atoms with Gasteiger partial charge in [-0.2, -0.15) is 44.6 Å². The van der Waals surface area contributed by atoms with E-state index >= 15 is 0 Å². The highest BCUT2D eigenvalue weighted by atomic mass is 19.4. The average molecular weight is 716 g/mol. The lowest BCUT2D eigenvalue weighted by Gasteiger charge is -2.33. The normalized spacial score (nSPS) is 18.0. The number of piperidine rings is 1. The molecular formula is C31H42F9N7O2. The van der Waals surface area contributed by atoms with Crippen LogP contribution in [-0.4, -0.2) is 62.7 Å². The molecule has 1 unspecified atom stereocenters. The summed E-state index contributed by atoms with van der Waals surface area (Å²) in [5.74, 6) is -0.0287. The maximum atomic E-state index is 12.8. The molecule has 4 N–H and O–H groups in total. The van der Waals surface area contributed by atoms with E-state index in [9.17, 15) is 44.3 Å². The van der Waals surface area contributed by atoms with Crippen molar-refractivity contribution in [2.45, 2.75) is 83.6 Å². The van der Waals surface area contributed by atoms with E-state index in [2.05, 4.69) is 32.7 Å². The zero-order valence-corrected chi connectivity index (χ0v) is 27.5. The van der Waals surface area contributed by atoms with Gasteiger partial charge in [-0.05, 0) is 75.9 Å². The van der Waals surface area contributed by atoms with Gasteiger partial charge in [0.15, 0.2) is 0 Å². The first-order valence-corrected chi connectivity index (χ1v) is 15.1. The number of benzene rings is 1. The molecule has 2 aliphatic heterocycles. The summed E-state index contributed by atoms with van der Waals surface area (Å²) in [5.41, 5.74) is 7.54. The van der Waals surface area contributed by atoms with Crippen molar-refractivity contribution in [1.29, 1.82) is 0 Å². The number of hydrogen-bond donors (Lipinski definition) is 3. The second-order valence-corrected chi connectivity index (χ2v) is 11.1. The summed E-state index contributed by atoms with van der Waals surface area (Å²) in [4.78, 5) is 17.3. The third-order valence-corrected chi connectivity index (χ3v) is 6.50. The van der Waals surface area contributed by atoms with Crippen LogP contribution in [0.3, 0.4) is 0 Å². The molecule has 1 aromatic carbocycles. The van der Waals surface area contributed by atoms with Crippen LogP contribution in [0, 0.1) is 0 Å². The Morgan fingerprint density at radius 1 is 1.12 bits per heavy atom. The number of alkyl halides is 9. The number of amides is 1. The van der Waals surface area contributed by atoms with Crippen molar-refractivity contribution in [2.75, 3.05) is 31.1 Å². The lowest BCUT2D eigenvalue weighted by Crippen LogP contribution is -2.38. The standard InChI is InChI=1S/C15H18F3NO2.C14H21F3N6.C2H3F3/c1-9(2)21-14(20)19-7-6-10(3)12-8-11(15(16,17)18)4-5-13(12)19;1-2-4-11(14(15,16)17)5-3-8-20-13(18)22-23-21-12-6-9-19-10-7-12;1-2(3,4)5/h4-5,8-10H,6-7H2,1-3H3;2-5,12,19H,1,6-10H2,(H3,18,20,21,22);1H3/b;5-3+,11-4+;. The maximum Gasteiger partial charge on any atom is 0.416 e. The summed E-state index contributed by atoms with van der Waals surface area (Å²) in [7, 11) is 0. The number of nitrogens with one attached hydrogen (secondary N) is 2. The van der Waals surface area contributed by atoms with Crippen molar-refractivity contribution >= 4 is 17.7 Å². The minimum atomic E-state index is -4.43. The lowest BCUT2D eigenvalue weighted by molar-refractivity contribution is -0.137. The number of guanidine groups is 1. The number of allylic oxidation sites excluding steroid dienone is 4. The topological polar surface area (TPSA) is 117 Å². The van der Waals surface area contributed by atoms with Crippen LogP contribution in [-0.2, 0) is 10.9 Å². The molecule has 49 heavy (non-hydrogen) atoms. The van der Waals surface area contributed by atoms with Crippen LogP contribution in [0.1, 0.15) is 64.0 Å². The molecule has 3 rings (SSSR count). The van der Waals surface area contributed by atoms with Gasteiger partial charge in [-0.25, -0.2) is 15.2 Å². The van der Waals surface area contributed by atoms with Crippen molar-refractivity contribution in [3.05, 3.63) is 65.8 Å². The van der Waals surface area contributed by atoms with Gasteiger partial charge in [0.05, 0.1) is 35.5 Å². The zero-order chi connectivity index (χ0) is 37.4. The molecule has 9 nitrogen and oxygen atoms in total. The molecule has 2 heterocycles. The predicted octanol–water partition coefficient (Wildman–Crippen LogP) is 8.37. The van der Waals surface area contributed by atoms with Crippen molar-refractivity contribution in [3.63, 3.8) is 0 Å². The second-order valence-electron chi connectivity index (χ2n) is 11.1. The van der Waals surface area contributed by atoms with Crippen molar-refractivity contribution < 1.29 is 49.0 Å². The Balaban J connectivity index is 0.000000432. The van der Waals surface area contributed by atoms with E-state index in [1.807, 2.05) is 6.92 Å². The maximum absolute atomic E-state index is 12.8. The number of carbonyl (C=O) groups is 1. The number of anilines is 1. The number of nitrogens with two attached hydrogens (primary N) is 1. The molecule has 1 atom stereocenters. The minimum absolute atomic E-state index is 0.00593. The number of hydrogen-bond acceptors (Lipinski definition) is 6. The number of nitrogens with zero attached hydrogens (tertiary/aromatic N) is 4. The van der Waals surface area contributed by atoms with Crippen LogP contribution >= 0.6 is 0 Å². The SMILES string of the molecule is C=C/C=C(\C=C\CN=C(N)NN=NC1CCNCC1)C(F)(F)F.CC(C)OC(=O)N1CCC(C)c2cc(C(F)(F)F)ccc21.CC(F)(F)F. The van der Waals surface area contributed by atoms with E-state index in [-0.39, 0.29) is 37.5 Å². The zero-order valence-electron chi connectivity index (χ0n) is 27.5. The van der Waals surface area contributed by atoms with Crippen LogP contribution in [0.2, 0.25) is 0 Å². The van der Waals surface area contributed by atoms with E-state index in [1.54, 1.807) is 13.8 Å². The summed E-state index contributed by atoms with van der Waals surface area (Å²) >= 11 is 0. The molecule has 0 spiro atoms. The Bertz CT molecular complexity index is 1310. The highest BCUT2D eigenvalue weighted by Crippen LogP contribution is 2.39. The first-order chi connectivity index (χ1) is 22.6. The first kappa shape index (κ1) is 42.9. The number of carbonyl (C=O) groups excluding carboxylic acids is 1. The summed E-state index contributed by atoms with van der Waals surface area (Å²) < 4.78 is 112. The van der Waals surface area contributed by atoms with E-state index in [4.69, 9.17) is 10.5 Å². The van der Waals surface area contributed by atoms with Crippen LogP contribution < -0.4 is 21.4 Å². The van der Waals surface area contributed by atoms with Gasteiger partial charge in [0, 0.05) is 13.5 Å². The molecule has 276 valence electrons. The Hall–Kier alpha value is -4.09. The molecule has 1 aromatic rings. The first-order valence-electron chi connectivity index (χ1n) is 15.1. The predicted molar refractivity (Wildman–Crippen MR) is 169 cm³/mol. The van der Waals surface area contributed by atoms with Gasteiger partial charge in [-0.3, -0.25) is 4.90 Å². The molecule has 0 aliphatic carbocycles. The summed E-state index contributed by atoms with van der Waals surface area (Å²) in [6, 6.07) is 3.64. The van der Waals surface area contributed by atoms with Gasteiger partial charge in [0.1, 0.15) is 0 Å². The van der Waals surface area contributed by atoms with Gasteiger partial charge < -0.3 is 15.8 Å². The Labute approximate surface area is 279 Å². The van der Waals surface area contributed by atoms with Gasteiger partial charge >= 0.3 is 24.6 Å². The molecule has 2 aliphatic rings. The number of fused-ring (bicyclic) bond motifs is 1. The fourth-order valence-electron chi connectivity index (χ4n) is 4.25. The van der Waals surface area contributed by atoms with Crippen molar-refractivity contribution in [2.24, 2.45) is 21.1 Å². The Kier molecular flexibility index (Phi) is 17.3. The lowest BCUT2D eigenvalue weighted by atomic mass is 9.90. The molecule has 1 amide bonds. The summed E-state index contributed by atoms with van der Waals surface area (Å²) in [5, 5.41) is 11.0. The van der Waals surface area contributed by atoms with Crippen LogP contribution in [0.25, 0.3) is 0 Å². The molecule has 0 radical (unpaired) electrons. The van der Waals surface area contributed by atoms with E-state index in [0.29, 0.717) is 24.2 Å². The van der Waals surface area contributed by atoms with E-state index in [1.165, 1.54) is 17.0 Å². The number of ether oxygens (including phenoxy) is 1. The molecule has 0 saturated carbocycles. The molecule has 0 bridgehead atoms. The minimum Gasteiger partial charge on any atom is -0.446 e. The van der Waals surface area contributed by atoms with Gasteiger partial charge in [-0.15, -0.1) is 0 Å². The molecule has 1 saturated heterocycles. The molecule has 1 fully saturated rings. The largest absolute Gasteiger partial charge is 0.446 e. The fourth-order valence-corrected chi connectivity index (χ4v) is 4.25.